The molecule has 1 aromatic rings. The number of hydrogen-bond acceptors (Lipinski definition) is 3. The third-order valence-electron chi connectivity index (χ3n) is 4.30. The molecule has 2 N–H and O–H groups in total. The number of piperidine rings is 1. The van der Waals surface area contributed by atoms with Crippen molar-refractivity contribution < 1.29 is 19.0 Å². The van der Waals surface area contributed by atoms with E-state index in [1.54, 1.807) is 6.92 Å². The Balaban J connectivity index is 2.06. The summed E-state index contributed by atoms with van der Waals surface area (Å²) >= 11 is 0. The maximum absolute atomic E-state index is 14.1. The number of nitrogens with zero attached hydrogens (tertiary/aromatic N) is 1. The van der Waals surface area contributed by atoms with Crippen molar-refractivity contribution in [3.8, 4) is 0 Å². The smallest absolute Gasteiger partial charge is 0.129 e. The maximum Gasteiger partial charge on any atom is 0.129 e. The maximum atomic E-state index is 14.1. The minimum absolute atomic E-state index is 0.0589. The summed E-state index contributed by atoms with van der Waals surface area (Å²) in [4.78, 5) is 1.98. The van der Waals surface area contributed by atoms with Gasteiger partial charge in [-0.1, -0.05) is 12.2 Å². The van der Waals surface area contributed by atoms with Gasteiger partial charge in [-0.2, -0.15) is 0 Å². The number of aliphatic hydroxyl groups is 2. The van der Waals surface area contributed by atoms with E-state index in [4.69, 9.17) is 0 Å². The Morgan fingerprint density at radius 2 is 2.00 bits per heavy atom. The van der Waals surface area contributed by atoms with Crippen LogP contribution in [0.3, 0.4) is 0 Å². The fraction of sp³-hybridized carbons (Fsp3) is 0.529. The van der Waals surface area contributed by atoms with Gasteiger partial charge in [0, 0.05) is 24.7 Å². The van der Waals surface area contributed by atoms with E-state index in [1.807, 2.05) is 4.90 Å². The van der Waals surface area contributed by atoms with Gasteiger partial charge >= 0.3 is 0 Å². The zero-order valence-corrected chi connectivity index (χ0v) is 12.9. The van der Waals surface area contributed by atoms with Crippen LogP contribution in [-0.4, -0.2) is 47.0 Å². The largest absolute Gasteiger partial charge is 0.395 e. The SMILES string of the molecule is C=C(C)c1cc(F)c(CCN2CCC(O)CC2CO)c(F)c1. The van der Waals surface area contributed by atoms with Gasteiger partial charge in [-0.05, 0) is 43.9 Å². The van der Waals surface area contributed by atoms with E-state index in [0.29, 0.717) is 37.1 Å². The summed E-state index contributed by atoms with van der Waals surface area (Å²) < 4.78 is 28.2. The fourth-order valence-electron chi connectivity index (χ4n) is 2.91. The molecule has 1 aliphatic rings. The number of aliphatic hydroxyl groups excluding tert-OH is 2. The van der Waals surface area contributed by atoms with Gasteiger partial charge < -0.3 is 10.2 Å². The van der Waals surface area contributed by atoms with Crippen LogP contribution in [0, 0.1) is 11.6 Å². The molecule has 0 saturated carbocycles. The Hall–Kier alpha value is -1.30. The minimum Gasteiger partial charge on any atom is -0.395 e. The third kappa shape index (κ3) is 3.91. The van der Waals surface area contributed by atoms with E-state index >= 15 is 0 Å². The number of halogens is 2. The fourth-order valence-corrected chi connectivity index (χ4v) is 2.91. The van der Waals surface area contributed by atoms with E-state index in [1.165, 1.54) is 12.1 Å². The first kappa shape index (κ1) is 17.1. The third-order valence-corrected chi connectivity index (χ3v) is 4.30. The molecule has 1 aromatic carbocycles. The van der Waals surface area contributed by atoms with Gasteiger partial charge in [-0.15, -0.1) is 0 Å². The summed E-state index contributed by atoms with van der Waals surface area (Å²) in [5.74, 6) is -1.12. The molecular formula is C17H23F2NO2. The molecule has 0 aromatic heterocycles. The zero-order valence-electron chi connectivity index (χ0n) is 12.9. The normalized spacial score (nSPS) is 22.8. The van der Waals surface area contributed by atoms with Crippen LogP contribution in [-0.2, 0) is 6.42 Å². The highest BCUT2D eigenvalue weighted by atomic mass is 19.1. The molecule has 3 nitrogen and oxygen atoms in total. The Kier molecular flexibility index (Phi) is 5.67. The molecule has 0 spiro atoms. The number of likely N-dealkylation sites (tertiary alicyclic amines) is 1. The molecule has 0 amide bonds. The predicted molar refractivity (Wildman–Crippen MR) is 82.5 cm³/mol. The average molecular weight is 311 g/mol. The van der Waals surface area contributed by atoms with Gasteiger partial charge in [-0.3, -0.25) is 4.90 Å². The van der Waals surface area contributed by atoms with Crippen molar-refractivity contribution >= 4 is 5.57 Å². The summed E-state index contributed by atoms with van der Waals surface area (Å²) in [6.07, 6.45) is 0.948. The zero-order chi connectivity index (χ0) is 16.3. The Morgan fingerprint density at radius 3 is 2.55 bits per heavy atom. The van der Waals surface area contributed by atoms with Crippen molar-refractivity contribution in [3.63, 3.8) is 0 Å². The summed E-state index contributed by atoms with van der Waals surface area (Å²) in [6.45, 7) is 6.42. The van der Waals surface area contributed by atoms with Crippen LogP contribution in [0.15, 0.2) is 18.7 Å². The lowest BCUT2D eigenvalue weighted by atomic mass is 9.98. The van der Waals surface area contributed by atoms with Crippen LogP contribution in [0.2, 0.25) is 0 Å². The first-order chi connectivity index (χ1) is 10.4. The molecule has 2 unspecified atom stereocenters. The van der Waals surface area contributed by atoms with Crippen LogP contribution in [0.1, 0.15) is 30.9 Å². The van der Waals surface area contributed by atoms with Crippen LogP contribution >= 0.6 is 0 Å². The molecule has 0 aliphatic carbocycles. The standard InChI is InChI=1S/C17H23F2NO2/c1-11(2)12-7-16(18)15(17(19)8-12)4-6-20-5-3-14(22)9-13(20)10-21/h7-8,13-14,21-22H,1,3-6,9-10H2,2H3. The summed E-state index contributed by atoms with van der Waals surface area (Å²) in [7, 11) is 0. The molecule has 0 radical (unpaired) electrons. The molecule has 0 bridgehead atoms. The molecule has 1 saturated heterocycles. The van der Waals surface area contributed by atoms with Crippen LogP contribution in [0.4, 0.5) is 8.78 Å². The van der Waals surface area contributed by atoms with Crippen LogP contribution < -0.4 is 0 Å². The highest BCUT2D eigenvalue weighted by Crippen LogP contribution is 2.22. The molecule has 22 heavy (non-hydrogen) atoms. The second-order valence-corrected chi connectivity index (χ2v) is 6.00. The molecule has 1 heterocycles. The van der Waals surface area contributed by atoms with Gasteiger partial charge in [0.25, 0.3) is 0 Å². The van der Waals surface area contributed by atoms with Gasteiger partial charge in [0.05, 0.1) is 12.7 Å². The van der Waals surface area contributed by atoms with Crippen LogP contribution in [0.5, 0.6) is 0 Å². The topological polar surface area (TPSA) is 43.7 Å². The van der Waals surface area contributed by atoms with E-state index in [-0.39, 0.29) is 24.6 Å². The van der Waals surface area contributed by atoms with E-state index in [0.717, 1.165) is 0 Å². The van der Waals surface area contributed by atoms with Crippen molar-refractivity contribution in [2.24, 2.45) is 0 Å². The monoisotopic (exact) mass is 311 g/mol. The molecule has 2 atom stereocenters. The second-order valence-electron chi connectivity index (χ2n) is 6.00. The number of allylic oxidation sites excluding steroid dienone is 1. The highest BCUT2D eigenvalue weighted by Gasteiger charge is 2.27. The van der Waals surface area contributed by atoms with Crippen molar-refractivity contribution in [1.29, 1.82) is 0 Å². The average Bonchev–Trinajstić information content (AvgIpc) is 2.47. The van der Waals surface area contributed by atoms with Crippen molar-refractivity contribution in [2.45, 2.75) is 38.3 Å². The Morgan fingerprint density at radius 1 is 1.36 bits per heavy atom. The Labute approximate surface area is 129 Å². The first-order valence-electron chi connectivity index (χ1n) is 7.59. The number of rotatable bonds is 5. The summed E-state index contributed by atoms with van der Waals surface area (Å²) in [5.41, 5.74) is 1.15. The molecular weight excluding hydrogens is 288 g/mol. The van der Waals surface area contributed by atoms with Gasteiger partial charge in [0.2, 0.25) is 0 Å². The van der Waals surface area contributed by atoms with E-state index < -0.39 is 17.7 Å². The van der Waals surface area contributed by atoms with Crippen molar-refractivity contribution in [1.82, 2.24) is 4.90 Å². The second kappa shape index (κ2) is 7.31. The number of hydrogen-bond donors (Lipinski definition) is 2. The lowest BCUT2D eigenvalue weighted by Crippen LogP contribution is -2.47. The summed E-state index contributed by atoms with van der Waals surface area (Å²) in [5, 5.41) is 19.0. The molecule has 122 valence electrons. The van der Waals surface area contributed by atoms with Gasteiger partial charge in [0.15, 0.2) is 0 Å². The highest BCUT2D eigenvalue weighted by molar-refractivity contribution is 5.61. The van der Waals surface area contributed by atoms with Gasteiger partial charge in [-0.25, -0.2) is 8.78 Å². The summed E-state index contributed by atoms with van der Waals surface area (Å²) in [6, 6.07) is 2.47. The molecule has 1 fully saturated rings. The molecule has 2 rings (SSSR count). The van der Waals surface area contributed by atoms with Crippen molar-refractivity contribution in [3.05, 3.63) is 41.5 Å². The van der Waals surface area contributed by atoms with Crippen molar-refractivity contribution in [2.75, 3.05) is 19.7 Å². The predicted octanol–water partition coefficient (Wildman–Crippen LogP) is 2.36. The first-order valence-corrected chi connectivity index (χ1v) is 7.59. The quantitative estimate of drug-likeness (QED) is 0.877. The Bertz CT molecular complexity index is 524. The lowest BCUT2D eigenvalue weighted by Gasteiger charge is -2.36. The molecule has 1 aliphatic heterocycles. The lowest BCUT2D eigenvalue weighted by molar-refractivity contribution is 0.0175. The molecule has 5 heteroatoms. The minimum atomic E-state index is -0.560. The van der Waals surface area contributed by atoms with E-state index in [2.05, 4.69) is 6.58 Å². The van der Waals surface area contributed by atoms with Crippen LogP contribution in [0.25, 0.3) is 5.57 Å². The van der Waals surface area contributed by atoms with E-state index in [9.17, 15) is 19.0 Å². The number of benzene rings is 1. The van der Waals surface area contributed by atoms with Gasteiger partial charge in [0.1, 0.15) is 11.6 Å².